The van der Waals surface area contributed by atoms with Crippen molar-refractivity contribution in [2.75, 3.05) is 42.7 Å². The fraction of sp³-hybridized carbons (Fsp3) is 0.227. The highest BCUT2D eigenvalue weighted by Gasteiger charge is 2.29. The first kappa shape index (κ1) is 22.3. The summed E-state index contributed by atoms with van der Waals surface area (Å²) in [6.07, 6.45) is 6.82. The summed E-state index contributed by atoms with van der Waals surface area (Å²) in [4.78, 5) is 24.0. The number of piperazine rings is 1. The first-order valence-electron chi connectivity index (χ1n) is 10.0. The molecule has 10 heteroatoms. The summed E-state index contributed by atoms with van der Waals surface area (Å²) >= 11 is 1.50. The molecule has 166 valence electrons. The number of aromatic nitrogens is 2. The van der Waals surface area contributed by atoms with Gasteiger partial charge in [-0.2, -0.15) is 4.31 Å². The Bertz CT molecular complexity index is 1180. The number of sulfonamides is 1. The van der Waals surface area contributed by atoms with E-state index in [1.807, 2.05) is 29.4 Å². The predicted molar refractivity (Wildman–Crippen MR) is 126 cm³/mol. The molecule has 1 N–H and O–H groups in total. The molecular weight excluding hydrogens is 446 g/mol. The van der Waals surface area contributed by atoms with E-state index < -0.39 is 10.0 Å². The van der Waals surface area contributed by atoms with E-state index in [1.54, 1.807) is 36.8 Å². The Morgan fingerprint density at radius 1 is 1.00 bits per heavy atom. The average Bonchev–Trinajstić information content (AvgIpc) is 2.85. The molecular formula is C22H23N5O3S2. The van der Waals surface area contributed by atoms with Crippen LogP contribution in [-0.4, -0.2) is 61.0 Å². The lowest BCUT2D eigenvalue weighted by Crippen LogP contribution is -2.48. The second kappa shape index (κ2) is 9.68. The zero-order valence-corrected chi connectivity index (χ0v) is 19.1. The molecule has 0 unspecified atom stereocenters. The predicted octanol–water partition coefficient (Wildman–Crippen LogP) is 2.96. The van der Waals surface area contributed by atoms with Crippen molar-refractivity contribution in [3.8, 4) is 0 Å². The number of nitrogens with one attached hydrogen (secondary N) is 1. The SMILES string of the molecule is CSc1ccccc1C(=O)Nc1ccc(S(=O)(=O)N2CCN(c3cnccn3)CC2)cc1. The number of amides is 1. The molecule has 0 atom stereocenters. The lowest BCUT2D eigenvalue weighted by Gasteiger charge is -2.34. The summed E-state index contributed by atoms with van der Waals surface area (Å²) in [5.74, 6) is 0.512. The minimum atomic E-state index is -3.62. The molecule has 8 nitrogen and oxygen atoms in total. The van der Waals surface area contributed by atoms with Crippen molar-refractivity contribution in [2.24, 2.45) is 0 Å². The summed E-state index contributed by atoms with van der Waals surface area (Å²) in [5.41, 5.74) is 1.12. The van der Waals surface area contributed by atoms with Crippen LogP contribution in [0, 0.1) is 0 Å². The number of carbonyl (C=O) groups is 1. The van der Waals surface area contributed by atoms with E-state index in [4.69, 9.17) is 0 Å². The van der Waals surface area contributed by atoms with Crippen LogP contribution in [0.3, 0.4) is 0 Å². The number of nitrogens with zero attached hydrogens (tertiary/aromatic N) is 4. The normalized spacial score (nSPS) is 14.8. The molecule has 2 aromatic carbocycles. The Kier molecular flexibility index (Phi) is 6.73. The van der Waals surface area contributed by atoms with E-state index in [-0.39, 0.29) is 10.8 Å². The van der Waals surface area contributed by atoms with Gasteiger partial charge in [-0.15, -0.1) is 11.8 Å². The summed E-state index contributed by atoms with van der Waals surface area (Å²) in [6.45, 7) is 1.81. The number of rotatable bonds is 6. The maximum absolute atomic E-state index is 13.1. The third-order valence-corrected chi connectivity index (χ3v) is 7.92. The van der Waals surface area contributed by atoms with Crippen LogP contribution in [0.2, 0.25) is 0 Å². The summed E-state index contributed by atoms with van der Waals surface area (Å²) in [5, 5.41) is 2.83. The second-order valence-corrected chi connectivity index (χ2v) is 9.92. The van der Waals surface area contributed by atoms with E-state index in [1.165, 1.54) is 28.2 Å². The lowest BCUT2D eigenvalue weighted by atomic mass is 10.2. The fourth-order valence-electron chi connectivity index (χ4n) is 3.50. The van der Waals surface area contributed by atoms with Crippen molar-refractivity contribution >= 4 is 39.2 Å². The minimum Gasteiger partial charge on any atom is -0.353 e. The van der Waals surface area contributed by atoms with Crippen LogP contribution in [-0.2, 0) is 10.0 Å². The van der Waals surface area contributed by atoms with Gasteiger partial charge in [0.1, 0.15) is 5.82 Å². The molecule has 1 fully saturated rings. The van der Waals surface area contributed by atoms with Crippen LogP contribution < -0.4 is 10.2 Å². The van der Waals surface area contributed by atoms with Crippen LogP contribution in [0.25, 0.3) is 0 Å². The molecule has 1 aliphatic rings. The maximum atomic E-state index is 13.1. The van der Waals surface area contributed by atoms with Gasteiger partial charge in [-0.3, -0.25) is 9.78 Å². The highest BCUT2D eigenvalue weighted by atomic mass is 32.2. The summed E-state index contributed by atoms with van der Waals surface area (Å²) in [6, 6.07) is 13.6. The monoisotopic (exact) mass is 469 g/mol. The van der Waals surface area contributed by atoms with Gasteiger partial charge >= 0.3 is 0 Å². The quantitative estimate of drug-likeness (QED) is 0.555. The molecule has 0 saturated carbocycles. The molecule has 1 amide bonds. The topological polar surface area (TPSA) is 95.5 Å². The minimum absolute atomic E-state index is 0.202. The number of carbonyl (C=O) groups excluding carboxylic acids is 1. The largest absolute Gasteiger partial charge is 0.353 e. The van der Waals surface area contributed by atoms with E-state index in [9.17, 15) is 13.2 Å². The van der Waals surface area contributed by atoms with Gasteiger partial charge in [-0.25, -0.2) is 13.4 Å². The van der Waals surface area contributed by atoms with Gasteiger partial charge in [-0.05, 0) is 42.7 Å². The highest BCUT2D eigenvalue weighted by Crippen LogP contribution is 2.23. The second-order valence-electron chi connectivity index (χ2n) is 7.13. The highest BCUT2D eigenvalue weighted by molar-refractivity contribution is 7.98. The van der Waals surface area contributed by atoms with Crippen LogP contribution in [0.5, 0.6) is 0 Å². The standard InChI is InChI=1S/C22H23N5O3S2/c1-31-20-5-3-2-4-19(20)22(28)25-17-6-8-18(9-7-17)32(29,30)27-14-12-26(13-15-27)21-16-23-10-11-24-21/h2-11,16H,12-15H2,1H3,(H,25,28). The maximum Gasteiger partial charge on any atom is 0.256 e. The van der Waals surface area contributed by atoms with Crippen LogP contribution in [0.1, 0.15) is 10.4 Å². The van der Waals surface area contributed by atoms with Gasteiger partial charge in [0, 0.05) is 49.2 Å². The smallest absolute Gasteiger partial charge is 0.256 e. The van der Waals surface area contributed by atoms with Gasteiger partial charge in [0.05, 0.1) is 16.7 Å². The number of anilines is 2. The Morgan fingerprint density at radius 3 is 2.38 bits per heavy atom. The van der Waals surface area contributed by atoms with Crippen LogP contribution >= 0.6 is 11.8 Å². The van der Waals surface area contributed by atoms with E-state index in [0.29, 0.717) is 37.4 Å². The molecule has 4 rings (SSSR count). The first-order valence-corrected chi connectivity index (χ1v) is 12.7. The van der Waals surface area contributed by atoms with Crippen molar-refractivity contribution in [2.45, 2.75) is 9.79 Å². The average molecular weight is 470 g/mol. The van der Waals surface area contributed by atoms with Crippen molar-refractivity contribution in [3.05, 3.63) is 72.7 Å². The van der Waals surface area contributed by atoms with Gasteiger partial charge in [-0.1, -0.05) is 12.1 Å². The Balaban J connectivity index is 1.41. The number of hydrogen-bond donors (Lipinski definition) is 1. The molecule has 2 heterocycles. The van der Waals surface area contributed by atoms with Crippen molar-refractivity contribution in [1.29, 1.82) is 0 Å². The first-order chi connectivity index (χ1) is 15.5. The molecule has 0 radical (unpaired) electrons. The fourth-order valence-corrected chi connectivity index (χ4v) is 5.52. The molecule has 0 spiro atoms. The van der Waals surface area contributed by atoms with E-state index in [2.05, 4.69) is 15.3 Å². The van der Waals surface area contributed by atoms with Crippen molar-refractivity contribution in [3.63, 3.8) is 0 Å². The number of benzene rings is 2. The van der Waals surface area contributed by atoms with Gasteiger partial charge < -0.3 is 10.2 Å². The van der Waals surface area contributed by atoms with Crippen molar-refractivity contribution < 1.29 is 13.2 Å². The van der Waals surface area contributed by atoms with E-state index >= 15 is 0 Å². The van der Waals surface area contributed by atoms with Gasteiger partial charge in [0.15, 0.2) is 0 Å². The molecule has 0 bridgehead atoms. The van der Waals surface area contributed by atoms with Crippen molar-refractivity contribution in [1.82, 2.24) is 14.3 Å². The molecule has 1 saturated heterocycles. The molecule has 32 heavy (non-hydrogen) atoms. The lowest BCUT2D eigenvalue weighted by molar-refractivity contribution is 0.102. The zero-order valence-electron chi connectivity index (χ0n) is 17.5. The molecule has 3 aromatic rings. The van der Waals surface area contributed by atoms with Crippen LogP contribution in [0.15, 0.2) is 76.9 Å². The Labute approximate surface area is 191 Å². The third kappa shape index (κ3) is 4.77. The Morgan fingerprint density at radius 2 is 1.72 bits per heavy atom. The number of hydrogen-bond acceptors (Lipinski definition) is 7. The summed E-state index contributed by atoms with van der Waals surface area (Å²) in [7, 11) is -3.62. The van der Waals surface area contributed by atoms with Gasteiger partial charge in [0.2, 0.25) is 10.0 Å². The van der Waals surface area contributed by atoms with Crippen LogP contribution in [0.4, 0.5) is 11.5 Å². The molecule has 1 aliphatic heterocycles. The Hall–Kier alpha value is -2.95. The number of thioether (sulfide) groups is 1. The molecule has 0 aliphatic carbocycles. The van der Waals surface area contributed by atoms with E-state index in [0.717, 1.165) is 10.7 Å². The zero-order chi connectivity index (χ0) is 22.6. The van der Waals surface area contributed by atoms with Gasteiger partial charge in [0.25, 0.3) is 5.91 Å². The third-order valence-electron chi connectivity index (χ3n) is 5.21. The molecule has 1 aromatic heterocycles. The summed E-state index contributed by atoms with van der Waals surface area (Å²) < 4.78 is 27.6.